The topological polar surface area (TPSA) is 95.7 Å². The zero-order chi connectivity index (χ0) is 15.0. The molecule has 1 unspecified atom stereocenters. The van der Waals surface area contributed by atoms with Gasteiger partial charge >= 0.3 is 0 Å². The Kier molecular flexibility index (Phi) is 3.95. The molecule has 1 aromatic carbocycles. The lowest BCUT2D eigenvalue weighted by molar-refractivity contribution is 0.0448. The standard InChI is InChI=1S/C13H21N3O3S/c1-13(17)6-3-7-16(9-13)11-5-4-10(14)8-12(11)20(18,19)15-2/h4-5,8,15,17H,3,6-7,9,14H2,1-2H3. The van der Waals surface area contributed by atoms with Crippen molar-refractivity contribution in [1.82, 2.24) is 4.72 Å². The van der Waals surface area contributed by atoms with Crippen LogP contribution in [0.2, 0.25) is 0 Å². The van der Waals surface area contributed by atoms with Gasteiger partial charge in [-0.3, -0.25) is 0 Å². The van der Waals surface area contributed by atoms with E-state index in [2.05, 4.69) is 4.72 Å². The van der Waals surface area contributed by atoms with Gasteiger partial charge in [-0.25, -0.2) is 13.1 Å². The average Bonchev–Trinajstić information content (AvgIpc) is 2.37. The quantitative estimate of drug-likeness (QED) is 0.708. The SMILES string of the molecule is CNS(=O)(=O)c1cc(N)ccc1N1CCCC(C)(O)C1. The Morgan fingerprint density at radius 2 is 2.15 bits per heavy atom. The third-order valence-electron chi connectivity index (χ3n) is 3.56. The first kappa shape index (κ1) is 15.1. The van der Waals surface area contributed by atoms with Crippen LogP contribution in [0, 0.1) is 0 Å². The van der Waals surface area contributed by atoms with Crippen molar-refractivity contribution >= 4 is 21.4 Å². The third-order valence-corrected chi connectivity index (χ3v) is 5.00. The van der Waals surface area contributed by atoms with E-state index in [9.17, 15) is 13.5 Å². The van der Waals surface area contributed by atoms with E-state index in [4.69, 9.17) is 5.73 Å². The molecule has 1 aliphatic heterocycles. The first-order valence-corrected chi connectivity index (χ1v) is 8.04. The predicted octanol–water partition coefficient (Wildman–Crippen LogP) is 0.528. The Hall–Kier alpha value is -1.31. The number of sulfonamides is 1. The first-order chi connectivity index (χ1) is 9.25. The summed E-state index contributed by atoms with van der Waals surface area (Å²) in [5.41, 5.74) is 5.87. The maximum absolute atomic E-state index is 12.1. The molecule has 0 bridgehead atoms. The summed E-state index contributed by atoms with van der Waals surface area (Å²) in [5, 5.41) is 10.2. The van der Waals surface area contributed by atoms with Crippen molar-refractivity contribution in [3.63, 3.8) is 0 Å². The average molecular weight is 299 g/mol. The number of hydrogen-bond acceptors (Lipinski definition) is 5. The van der Waals surface area contributed by atoms with Gasteiger partial charge in [0.2, 0.25) is 10.0 Å². The molecule has 6 nitrogen and oxygen atoms in total. The second kappa shape index (κ2) is 5.23. The van der Waals surface area contributed by atoms with Gasteiger partial charge in [0.25, 0.3) is 0 Å². The lowest BCUT2D eigenvalue weighted by Gasteiger charge is -2.39. The zero-order valence-corrected chi connectivity index (χ0v) is 12.6. The van der Waals surface area contributed by atoms with Gasteiger partial charge in [-0.1, -0.05) is 0 Å². The second-order valence-electron chi connectivity index (χ2n) is 5.46. The van der Waals surface area contributed by atoms with Crippen molar-refractivity contribution in [3.05, 3.63) is 18.2 Å². The van der Waals surface area contributed by atoms with Gasteiger partial charge in [0.05, 0.1) is 11.3 Å². The molecule has 1 fully saturated rings. The van der Waals surface area contributed by atoms with Crippen LogP contribution in [0.15, 0.2) is 23.1 Å². The summed E-state index contributed by atoms with van der Waals surface area (Å²) in [6.07, 6.45) is 1.53. The molecule has 0 saturated carbocycles. The predicted molar refractivity (Wildman–Crippen MR) is 79.2 cm³/mol. The number of benzene rings is 1. The maximum Gasteiger partial charge on any atom is 0.242 e. The molecule has 4 N–H and O–H groups in total. The molecule has 1 aliphatic rings. The fraction of sp³-hybridized carbons (Fsp3) is 0.538. The highest BCUT2D eigenvalue weighted by atomic mass is 32.2. The highest BCUT2D eigenvalue weighted by Crippen LogP contribution is 2.31. The van der Waals surface area contributed by atoms with Gasteiger partial charge in [0.1, 0.15) is 4.90 Å². The fourth-order valence-electron chi connectivity index (χ4n) is 2.54. The summed E-state index contributed by atoms with van der Waals surface area (Å²) in [6.45, 7) is 2.89. The highest BCUT2D eigenvalue weighted by molar-refractivity contribution is 7.89. The van der Waals surface area contributed by atoms with Gasteiger partial charge in [-0.15, -0.1) is 0 Å². The van der Waals surface area contributed by atoms with Crippen LogP contribution in [0.4, 0.5) is 11.4 Å². The van der Waals surface area contributed by atoms with Gasteiger partial charge in [-0.2, -0.15) is 0 Å². The largest absolute Gasteiger partial charge is 0.399 e. The zero-order valence-electron chi connectivity index (χ0n) is 11.8. The number of hydrogen-bond donors (Lipinski definition) is 3. The minimum atomic E-state index is -3.59. The van der Waals surface area contributed by atoms with E-state index in [1.54, 1.807) is 19.1 Å². The molecule has 1 aromatic rings. The van der Waals surface area contributed by atoms with Gasteiger partial charge in [0, 0.05) is 18.8 Å². The molecule has 7 heteroatoms. The molecule has 1 saturated heterocycles. The molecule has 20 heavy (non-hydrogen) atoms. The molecule has 0 amide bonds. The van der Waals surface area contributed by atoms with E-state index in [1.807, 2.05) is 4.90 Å². The van der Waals surface area contributed by atoms with Gasteiger partial charge < -0.3 is 15.7 Å². The molecule has 112 valence electrons. The van der Waals surface area contributed by atoms with Crippen molar-refractivity contribution in [2.45, 2.75) is 30.3 Å². The Morgan fingerprint density at radius 1 is 1.45 bits per heavy atom. The number of nitrogens with one attached hydrogen (secondary N) is 1. The van der Waals surface area contributed by atoms with E-state index in [0.717, 1.165) is 6.42 Å². The summed E-state index contributed by atoms with van der Waals surface area (Å²) < 4.78 is 26.6. The molecule has 0 aliphatic carbocycles. The first-order valence-electron chi connectivity index (χ1n) is 6.56. The number of nitrogens with two attached hydrogens (primary N) is 1. The van der Waals surface area contributed by atoms with E-state index in [-0.39, 0.29) is 4.90 Å². The number of rotatable bonds is 3. The highest BCUT2D eigenvalue weighted by Gasteiger charge is 2.31. The van der Waals surface area contributed by atoms with Crippen LogP contribution in [-0.2, 0) is 10.0 Å². The number of β-amino-alcohol motifs (C(OH)–C–C–N with tert-alkyl or cyclic N) is 1. The molecule has 0 aromatic heterocycles. The van der Waals surface area contributed by atoms with E-state index in [0.29, 0.717) is 30.9 Å². The number of nitrogen functional groups attached to an aromatic ring is 1. The number of anilines is 2. The molecule has 0 radical (unpaired) electrons. The molecular formula is C13H21N3O3S. The van der Waals surface area contributed by atoms with Crippen LogP contribution in [0.3, 0.4) is 0 Å². The van der Waals surface area contributed by atoms with E-state index in [1.165, 1.54) is 13.1 Å². The van der Waals surface area contributed by atoms with Crippen LogP contribution in [0.25, 0.3) is 0 Å². The minimum absolute atomic E-state index is 0.151. The van der Waals surface area contributed by atoms with Crippen molar-refractivity contribution in [3.8, 4) is 0 Å². The lowest BCUT2D eigenvalue weighted by atomic mass is 9.95. The minimum Gasteiger partial charge on any atom is -0.399 e. The van der Waals surface area contributed by atoms with E-state index >= 15 is 0 Å². The Bertz CT molecular complexity index is 599. The fourth-order valence-corrected chi connectivity index (χ4v) is 3.53. The van der Waals surface area contributed by atoms with Crippen LogP contribution in [-0.4, -0.2) is 39.3 Å². The maximum atomic E-state index is 12.1. The summed E-state index contributed by atoms with van der Waals surface area (Å²) >= 11 is 0. The summed E-state index contributed by atoms with van der Waals surface area (Å²) in [5.74, 6) is 0. The number of nitrogens with zero attached hydrogens (tertiary/aromatic N) is 1. The van der Waals surface area contributed by atoms with Crippen LogP contribution < -0.4 is 15.4 Å². The summed E-state index contributed by atoms with van der Waals surface area (Å²) in [7, 11) is -2.22. The molecule has 1 atom stereocenters. The van der Waals surface area contributed by atoms with Crippen LogP contribution in [0.1, 0.15) is 19.8 Å². The Labute approximate surface area is 119 Å². The molecular weight excluding hydrogens is 278 g/mol. The monoisotopic (exact) mass is 299 g/mol. The number of piperidine rings is 1. The van der Waals surface area contributed by atoms with Gasteiger partial charge in [0.15, 0.2) is 0 Å². The molecule has 1 heterocycles. The lowest BCUT2D eigenvalue weighted by Crippen LogP contribution is -2.46. The smallest absolute Gasteiger partial charge is 0.242 e. The molecule has 2 rings (SSSR count). The van der Waals surface area contributed by atoms with E-state index < -0.39 is 15.6 Å². The van der Waals surface area contributed by atoms with Crippen LogP contribution >= 0.6 is 0 Å². The summed E-state index contributed by atoms with van der Waals surface area (Å²) in [4.78, 5) is 2.05. The normalized spacial score (nSPS) is 23.9. The second-order valence-corrected chi connectivity index (χ2v) is 7.31. The third kappa shape index (κ3) is 3.05. The number of aliphatic hydroxyl groups is 1. The van der Waals surface area contributed by atoms with Crippen LogP contribution in [0.5, 0.6) is 0 Å². The van der Waals surface area contributed by atoms with Gasteiger partial charge in [-0.05, 0) is 45.0 Å². The van der Waals surface area contributed by atoms with Crippen molar-refractivity contribution < 1.29 is 13.5 Å². The Morgan fingerprint density at radius 3 is 2.75 bits per heavy atom. The van der Waals surface area contributed by atoms with Crippen molar-refractivity contribution in [2.75, 3.05) is 30.8 Å². The molecule has 0 spiro atoms. The summed E-state index contributed by atoms with van der Waals surface area (Å²) in [6, 6.07) is 4.82. The van der Waals surface area contributed by atoms with Crippen molar-refractivity contribution in [2.24, 2.45) is 0 Å². The van der Waals surface area contributed by atoms with Crippen molar-refractivity contribution in [1.29, 1.82) is 0 Å². The Balaban J connectivity index is 2.47.